The average Bonchev–Trinajstić information content (AvgIpc) is 1.24. The van der Waals surface area contributed by atoms with Crippen molar-refractivity contribution in [3.05, 3.63) is 276 Å². The topological polar surface area (TPSA) is 151 Å². The fraction of sp³-hybridized carbons (Fsp3) is 0.287. The molecule has 4 aliphatic rings. The van der Waals surface area contributed by atoms with Crippen molar-refractivity contribution in [1.82, 2.24) is 19.6 Å². The van der Waals surface area contributed by atoms with Gasteiger partial charge in [0.25, 0.3) is 17.7 Å². The number of anilines is 8. The minimum atomic E-state index is 0.101. The van der Waals surface area contributed by atoms with Crippen LogP contribution in [0.2, 0.25) is 0 Å². The Morgan fingerprint density at radius 2 is 0.740 bits per heavy atom. The van der Waals surface area contributed by atoms with Crippen molar-refractivity contribution < 1.29 is 24.2 Å². The highest BCUT2D eigenvalue weighted by atomic mass is 16.5. The molecule has 0 aliphatic carbocycles. The van der Waals surface area contributed by atoms with Gasteiger partial charge in [0.05, 0.1) is 31.2 Å². The van der Waals surface area contributed by atoms with E-state index in [0.29, 0.717) is 19.6 Å². The van der Waals surface area contributed by atoms with E-state index in [-0.39, 0.29) is 24.3 Å². The second kappa shape index (κ2) is 34.9. The summed E-state index contributed by atoms with van der Waals surface area (Å²) in [5.74, 6) is 0.343. The molecule has 0 radical (unpaired) electrons. The van der Waals surface area contributed by atoms with Gasteiger partial charge in [-0.1, -0.05) is 133 Å². The number of amides is 3. The Kier molecular flexibility index (Phi) is 24.4. The first-order chi connectivity index (χ1) is 47.2. The second-order valence-corrected chi connectivity index (χ2v) is 24.4. The summed E-state index contributed by atoms with van der Waals surface area (Å²) >= 11 is 0. The van der Waals surface area contributed by atoms with Crippen LogP contribution in [0.1, 0.15) is 53.3 Å². The predicted molar refractivity (Wildman–Crippen MR) is 392 cm³/mol. The molecule has 0 saturated carbocycles. The summed E-state index contributed by atoms with van der Waals surface area (Å²) in [5, 5.41) is 23.0. The van der Waals surface area contributed by atoms with Crippen LogP contribution in [0.4, 0.5) is 45.5 Å². The Labute approximate surface area is 566 Å². The predicted octanol–water partition coefficient (Wildman–Crippen LogP) is 12.1. The number of para-hydroxylation sites is 1. The highest BCUT2D eigenvalue weighted by Crippen LogP contribution is 2.33. The van der Waals surface area contributed by atoms with E-state index in [1.54, 1.807) is 0 Å². The highest BCUT2D eigenvalue weighted by molar-refractivity contribution is 5.95. The normalized spacial score (nSPS) is 14.9. The van der Waals surface area contributed by atoms with Gasteiger partial charge in [0.2, 0.25) is 0 Å². The smallest absolute Gasteiger partial charge is 0.253 e. The Morgan fingerprint density at radius 1 is 0.385 bits per heavy atom. The van der Waals surface area contributed by atoms with Gasteiger partial charge in [0.15, 0.2) is 0 Å². The molecule has 0 bridgehead atoms. The fourth-order valence-corrected chi connectivity index (χ4v) is 12.7. The third kappa shape index (κ3) is 18.8. The zero-order valence-electron chi connectivity index (χ0n) is 55.3. The lowest BCUT2D eigenvalue weighted by Gasteiger charge is -2.36. The van der Waals surface area contributed by atoms with Gasteiger partial charge in [-0.2, -0.15) is 0 Å². The number of hydrogen-bond donors (Lipinski definition) is 5. The van der Waals surface area contributed by atoms with Crippen molar-refractivity contribution >= 4 is 63.2 Å². The number of hydrogen-bond acceptors (Lipinski definition) is 13. The number of morpholine rings is 1. The molecule has 9 aromatic carbocycles. The molecule has 16 nitrogen and oxygen atoms in total. The first-order valence-electron chi connectivity index (χ1n) is 33.9. The van der Waals surface area contributed by atoms with Crippen molar-refractivity contribution in [2.24, 2.45) is 0 Å². The number of aliphatic hydroxyl groups excluding tert-OH is 1. The zero-order chi connectivity index (χ0) is 66.1. The van der Waals surface area contributed by atoms with E-state index >= 15 is 0 Å². The Morgan fingerprint density at radius 3 is 1.12 bits per heavy atom. The first-order valence-corrected chi connectivity index (χ1v) is 33.9. The summed E-state index contributed by atoms with van der Waals surface area (Å²) in [6, 6.07) is 79.5. The van der Waals surface area contributed by atoms with Crippen molar-refractivity contribution in [1.29, 1.82) is 0 Å². The monoisotopic (exact) mass is 1290 g/mol. The maximum atomic E-state index is 12.8. The molecular weight excluding hydrogens is 1190 g/mol. The molecule has 96 heavy (non-hydrogen) atoms. The van der Waals surface area contributed by atoms with E-state index < -0.39 is 0 Å². The molecule has 4 fully saturated rings. The van der Waals surface area contributed by atoms with Crippen LogP contribution < -0.4 is 36.0 Å². The van der Waals surface area contributed by atoms with Gasteiger partial charge in [-0.3, -0.25) is 19.3 Å². The third-order valence-corrected chi connectivity index (χ3v) is 18.1. The molecule has 0 unspecified atom stereocenters. The Hall–Kier alpha value is -10.1. The van der Waals surface area contributed by atoms with Crippen LogP contribution in [0.25, 0.3) is 0 Å². The van der Waals surface area contributed by atoms with Gasteiger partial charge < -0.3 is 60.5 Å². The lowest BCUT2D eigenvalue weighted by atomic mass is 10.0. The van der Waals surface area contributed by atoms with Gasteiger partial charge >= 0.3 is 0 Å². The minimum absolute atomic E-state index is 0.101. The average molecular weight is 1290 g/mol. The molecule has 3 amide bonds. The summed E-state index contributed by atoms with van der Waals surface area (Å²) in [7, 11) is 1.93. The third-order valence-electron chi connectivity index (χ3n) is 18.1. The molecule has 0 spiro atoms. The van der Waals surface area contributed by atoms with Gasteiger partial charge in [-0.15, -0.1) is 0 Å². The van der Waals surface area contributed by atoms with Gasteiger partial charge in [-0.05, 0) is 138 Å². The molecule has 16 heteroatoms. The number of carbonyl (C=O) groups is 3. The molecular formula is C80H91N11O5. The van der Waals surface area contributed by atoms with Crippen molar-refractivity contribution in [2.75, 3.05) is 174 Å². The van der Waals surface area contributed by atoms with Gasteiger partial charge in [0, 0.05) is 169 Å². The molecule has 0 aromatic heterocycles. The van der Waals surface area contributed by atoms with Crippen LogP contribution in [-0.2, 0) is 17.6 Å². The lowest BCUT2D eigenvalue weighted by Crippen LogP contribution is -2.48. The van der Waals surface area contributed by atoms with Crippen LogP contribution in [0, 0.1) is 0 Å². The molecule has 9 aromatic rings. The van der Waals surface area contributed by atoms with E-state index in [9.17, 15) is 19.5 Å². The maximum Gasteiger partial charge on any atom is 0.253 e. The van der Waals surface area contributed by atoms with E-state index in [0.717, 1.165) is 163 Å². The molecule has 13 rings (SSSR count). The summed E-state index contributed by atoms with van der Waals surface area (Å²) in [4.78, 5) is 53.6. The lowest BCUT2D eigenvalue weighted by molar-refractivity contribution is 0.0398. The number of carbonyl (C=O) groups excluding carboxylic acids is 3. The Balaban J connectivity index is 0.000000147. The van der Waals surface area contributed by atoms with E-state index in [2.05, 4.69) is 162 Å². The van der Waals surface area contributed by atoms with Crippen molar-refractivity contribution in [3.63, 3.8) is 0 Å². The van der Waals surface area contributed by atoms with Crippen LogP contribution in [0.3, 0.4) is 0 Å². The summed E-state index contributed by atoms with van der Waals surface area (Å²) in [6.45, 7) is 15.6. The summed E-state index contributed by atoms with van der Waals surface area (Å²) < 4.78 is 5.47. The van der Waals surface area contributed by atoms with Crippen LogP contribution in [-0.4, -0.2) is 181 Å². The highest BCUT2D eigenvalue weighted by Gasteiger charge is 2.26. The van der Waals surface area contributed by atoms with Crippen LogP contribution in [0.15, 0.2) is 237 Å². The number of aliphatic hydroxyl groups is 1. The molecule has 0 atom stereocenters. The molecule has 5 N–H and O–H groups in total. The SMILES string of the molecule is CNc1ccc(N2CCN(C(=O)c3ccccc3)CC2)cc1Nc1ccccc1.O=C(c1ccccc1)N1CCN(c2ccc(NCCN3CCOCC3)c(Cc3ccccc3)c2)CC1.O=C(c1ccccc1)N1CCN(c2ccc(NCCO)c(Cc3ccccc3)c2)CC1. The van der Waals surface area contributed by atoms with Gasteiger partial charge in [0.1, 0.15) is 0 Å². The molecule has 4 heterocycles. The summed E-state index contributed by atoms with van der Waals surface area (Å²) in [5.41, 5.74) is 16.3. The van der Waals surface area contributed by atoms with Crippen LogP contribution >= 0.6 is 0 Å². The van der Waals surface area contributed by atoms with Crippen LogP contribution in [0.5, 0.6) is 0 Å². The maximum absolute atomic E-state index is 12.8. The van der Waals surface area contributed by atoms with E-state index in [1.807, 2.05) is 137 Å². The van der Waals surface area contributed by atoms with Crippen molar-refractivity contribution in [2.45, 2.75) is 12.8 Å². The quantitative estimate of drug-likeness (QED) is 0.0493. The minimum Gasteiger partial charge on any atom is -0.395 e. The largest absolute Gasteiger partial charge is 0.395 e. The van der Waals surface area contributed by atoms with E-state index in [4.69, 9.17) is 4.74 Å². The zero-order valence-corrected chi connectivity index (χ0v) is 55.3. The number of benzene rings is 9. The van der Waals surface area contributed by atoms with Gasteiger partial charge in [-0.25, -0.2) is 0 Å². The number of piperazine rings is 3. The Bertz CT molecular complexity index is 3840. The fourth-order valence-electron chi connectivity index (χ4n) is 12.7. The molecule has 496 valence electrons. The molecule has 4 saturated heterocycles. The summed E-state index contributed by atoms with van der Waals surface area (Å²) in [6.07, 6.45) is 1.72. The number of nitrogens with one attached hydrogen (secondary N) is 4. The second-order valence-electron chi connectivity index (χ2n) is 24.4. The van der Waals surface area contributed by atoms with Crippen molar-refractivity contribution in [3.8, 4) is 0 Å². The standard InChI is InChI=1S/C30H36N4O2.C26H29N3O2.C24H26N4O/c35-30(26-9-5-2-6-10-26)34-17-15-33(16-18-34)28-11-12-29(31-13-14-32-19-21-36-22-20-32)27(24-28)23-25-7-3-1-4-8-25;30-18-13-27-25-12-11-24(20-23(25)19-21-7-3-1-4-8-21)28-14-16-29(17-15-28)26(31)22-9-5-2-6-10-22;1-25-22-13-12-21(18-23(22)26-20-10-6-3-7-11-20)27-14-16-28(17-15-27)24(29)19-8-4-2-5-9-19/h1-12,24,31H,13-23H2;1-12,20,27,30H,13-19H2;2-13,18,25-26H,14-17H2,1H3. The number of nitrogens with zero attached hydrogens (tertiary/aromatic N) is 7. The molecule has 4 aliphatic heterocycles. The number of ether oxygens (including phenoxy) is 1. The number of rotatable bonds is 20. The van der Waals surface area contributed by atoms with E-state index in [1.165, 1.54) is 39.3 Å². The first kappa shape index (κ1) is 67.3.